The fraction of sp³-hybridized carbons (Fsp3) is 0.773. The first-order chi connectivity index (χ1) is 11.5. The van der Waals surface area contributed by atoms with E-state index < -0.39 is 0 Å². The number of hydrogen-bond acceptors (Lipinski definition) is 2. The van der Waals surface area contributed by atoms with E-state index in [4.69, 9.17) is 4.74 Å². The lowest BCUT2D eigenvalue weighted by atomic mass is 9.47. The average Bonchev–Trinajstić information content (AvgIpc) is 2.90. The maximum absolute atomic E-state index is 11.9. The highest BCUT2D eigenvalue weighted by Gasteiger charge is 2.59. The molecule has 0 heterocycles. The Labute approximate surface area is 146 Å². The standard InChI is InChI=1S/C22H32O2/c1-4-13-24-20-8-7-18-17-6-5-15-14-16(23)9-11-21(15,2)19(17)10-12-22(18,20)3/h4,14,17-20H,1,5-13H2,2-3H3/t17?,18?,19?,20-,21-,22-/m0/s1. The number of ketones is 1. The second kappa shape index (κ2) is 5.83. The first-order valence-corrected chi connectivity index (χ1v) is 9.95. The third-order valence-corrected chi connectivity index (χ3v) is 8.29. The number of allylic oxidation sites excluding steroid dienone is 1. The van der Waals surface area contributed by atoms with E-state index in [9.17, 15) is 4.79 Å². The third-order valence-electron chi connectivity index (χ3n) is 8.29. The molecule has 0 aromatic carbocycles. The molecule has 3 fully saturated rings. The lowest BCUT2D eigenvalue weighted by Crippen LogP contribution is -2.51. The average molecular weight is 328 g/mol. The van der Waals surface area contributed by atoms with Crippen molar-refractivity contribution in [1.29, 1.82) is 0 Å². The minimum Gasteiger partial charge on any atom is -0.374 e. The van der Waals surface area contributed by atoms with Crippen LogP contribution in [-0.4, -0.2) is 18.5 Å². The molecule has 4 aliphatic rings. The fourth-order valence-electron chi connectivity index (χ4n) is 6.97. The minimum atomic E-state index is 0.290. The molecular weight excluding hydrogens is 296 g/mol. The summed E-state index contributed by atoms with van der Waals surface area (Å²) in [5.41, 5.74) is 2.12. The maximum Gasteiger partial charge on any atom is 0.155 e. The summed E-state index contributed by atoms with van der Waals surface area (Å²) >= 11 is 0. The summed E-state index contributed by atoms with van der Waals surface area (Å²) in [5, 5.41) is 0. The largest absolute Gasteiger partial charge is 0.374 e. The number of rotatable bonds is 3. The van der Waals surface area contributed by atoms with E-state index >= 15 is 0 Å². The zero-order valence-electron chi connectivity index (χ0n) is 15.4. The van der Waals surface area contributed by atoms with Crippen LogP contribution in [0.5, 0.6) is 0 Å². The smallest absolute Gasteiger partial charge is 0.155 e. The minimum absolute atomic E-state index is 0.290. The lowest BCUT2D eigenvalue weighted by Gasteiger charge is -2.58. The number of ether oxygens (including phenoxy) is 1. The summed E-state index contributed by atoms with van der Waals surface area (Å²) in [7, 11) is 0. The highest BCUT2D eigenvalue weighted by atomic mass is 16.5. The van der Waals surface area contributed by atoms with Crippen molar-refractivity contribution >= 4 is 5.78 Å². The van der Waals surface area contributed by atoms with Gasteiger partial charge >= 0.3 is 0 Å². The van der Waals surface area contributed by atoms with Crippen LogP contribution in [0.4, 0.5) is 0 Å². The summed E-state index contributed by atoms with van der Waals surface area (Å²) in [6, 6.07) is 0. The van der Waals surface area contributed by atoms with Gasteiger partial charge in [-0.1, -0.05) is 25.5 Å². The molecule has 0 aromatic heterocycles. The predicted octanol–water partition coefficient (Wildman–Crippen LogP) is 5.09. The third kappa shape index (κ3) is 2.29. The van der Waals surface area contributed by atoms with E-state index in [1.165, 1.54) is 37.7 Å². The molecule has 2 nitrogen and oxygen atoms in total. The Balaban J connectivity index is 1.60. The van der Waals surface area contributed by atoms with E-state index in [1.54, 1.807) is 0 Å². The molecule has 0 amide bonds. The molecule has 3 saturated carbocycles. The molecule has 0 spiro atoms. The van der Waals surface area contributed by atoms with Gasteiger partial charge < -0.3 is 4.74 Å². The Morgan fingerprint density at radius 2 is 2.00 bits per heavy atom. The Kier molecular flexibility index (Phi) is 4.03. The number of fused-ring (bicyclic) bond motifs is 5. The lowest BCUT2D eigenvalue weighted by molar-refractivity contribution is -0.118. The molecule has 2 heteroatoms. The Morgan fingerprint density at radius 1 is 1.17 bits per heavy atom. The summed E-state index contributed by atoms with van der Waals surface area (Å²) in [5.74, 6) is 2.78. The highest BCUT2D eigenvalue weighted by Crippen LogP contribution is 2.65. The van der Waals surface area contributed by atoms with Crippen molar-refractivity contribution in [2.45, 2.75) is 71.3 Å². The van der Waals surface area contributed by atoms with Gasteiger partial charge in [-0.3, -0.25) is 4.79 Å². The van der Waals surface area contributed by atoms with E-state index in [0.717, 1.165) is 37.0 Å². The van der Waals surface area contributed by atoms with E-state index in [0.29, 0.717) is 23.9 Å². The van der Waals surface area contributed by atoms with Crippen LogP contribution in [0, 0.1) is 28.6 Å². The molecule has 3 unspecified atom stereocenters. The Morgan fingerprint density at radius 3 is 2.79 bits per heavy atom. The topological polar surface area (TPSA) is 26.3 Å². The van der Waals surface area contributed by atoms with Crippen LogP contribution >= 0.6 is 0 Å². The molecule has 132 valence electrons. The molecule has 6 atom stereocenters. The van der Waals surface area contributed by atoms with Crippen molar-refractivity contribution in [3.8, 4) is 0 Å². The van der Waals surface area contributed by atoms with Crippen molar-refractivity contribution in [3.05, 3.63) is 24.3 Å². The van der Waals surface area contributed by atoms with Crippen LogP contribution in [0.2, 0.25) is 0 Å². The van der Waals surface area contributed by atoms with Crippen LogP contribution in [0.25, 0.3) is 0 Å². The van der Waals surface area contributed by atoms with Gasteiger partial charge in [-0.25, -0.2) is 0 Å². The van der Waals surface area contributed by atoms with Crippen molar-refractivity contribution < 1.29 is 9.53 Å². The van der Waals surface area contributed by atoms with Gasteiger partial charge in [0.05, 0.1) is 12.7 Å². The van der Waals surface area contributed by atoms with Crippen LogP contribution in [-0.2, 0) is 9.53 Å². The van der Waals surface area contributed by atoms with Crippen molar-refractivity contribution in [2.24, 2.45) is 28.6 Å². The molecule has 0 bridgehead atoms. The molecule has 4 rings (SSSR count). The van der Waals surface area contributed by atoms with Crippen LogP contribution in [0.15, 0.2) is 24.3 Å². The van der Waals surface area contributed by atoms with Crippen molar-refractivity contribution in [2.75, 3.05) is 6.61 Å². The van der Waals surface area contributed by atoms with E-state index in [1.807, 2.05) is 12.2 Å². The molecule has 4 aliphatic carbocycles. The molecular formula is C22H32O2. The van der Waals surface area contributed by atoms with E-state index in [-0.39, 0.29) is 5.41 Å². The summed E-state index contributed by atoms with van der Waals surface area (Å²) in [6.07, 6.45) is 13.7. The number of hydrogen-bond donors (Lipinski definition) is 0. The summed E-state index contributed by atoms with van der Waals surface area (Å²) in [6.45, 7) is 9.46. The van der Waals surface area contributed by atoms with Gasteiger partial charge in [0.15, 0.2) is 5.78 Å². The Bertz CT molecular complexity index is 577. The van der Waals surface area contributed by atoms with E-state index in [2.05, 4.69) is 20.4 Å². The van der Waals surface area contributed by atoms with Gasteiger partial charge in [-0.2, -0.15) is 0 Å². The first kappa shape index (κ1) is 16.6. The molecule has 0 aromatic rings. The maximum atomic E-state index is 11.9. The normalized spacial score (nSPS) is 47.4. The zero-order chi connectivity index (χ0) is 16.9. The van der Waals surface area contributed by atoms with Crippen LogP contribution in [0.3, 0.4) is 0 Å². The van der Waals surface area contributed by atoms with Gasteiger partial charge in [-0.05, 0) is 79.6 Å². The quantitative estimate of drug-likeness (QED) is 0.675. The fourth-order valence-corrected chi connectivity index (χ4v) is 6.97. The van der Waals surface area contributed by atoms with Gasteiger partial charge in [0, 0.05) is 6.42 Å². The predicted molar refractivity (Wildman–Crippen MR) is 96.6 cm³/mol. The molecule has 0 radical (unpaired) electrons. The monoisotopic (exact) mass is 328 g/mol. The zero-order valence-corrected chi connectivity index (χ0v) is 15.4. The first-order valence-electron chi connectivity index (χ1n) is 9.95. The SMILES string of the molecule is C=CCO[C@H]1CCC2C3CCC4=CC(=O)CC[C@]4(C)C3CC[C@@]21C. The second-order valence-electron chi connectivity index (χ2n) is 9.20. The summed E-state index contributed by atoms with van der Waals surface area (Å²) in [4.78, 5) is 11.9. The molecule has 24 heavy (non-hydrogen) atoms. The van der Waals surface area contributed by atoms with Gasteiger partial charge in [0.2, 0.25) is 0 Å². The van der Waals surface area contributed by atoms with Gasteiger partial charge in [0.25, 0.3) is 0 Å². The van der Waals surface area contributed by atoms with Crippen LogP contribution in [0.1, 0.15) is 65.2 Å². The second-order valence-corrected chi connectivity index (χ2v) is 9.20. The van der Waals surface area contributed by atoms with Crippen molar-refractivity contribution in [1.82, 2.24) is 0 Å². The van der Waals surface area contributed by atoms with Gasteiger partial charge in [-0.15, -0.1) is 6.58 Å². The Hall–Kier alpha value is -0.890. The summed E-state index contributed by atoms with van der Waals surface area (Å²) < 4.78 is 6.18. The van der Waals surface area contributed by atoms with Gasteiger partial charge in [0.1, 0.15) is 0 Å². The molecule has 0 N–H and O–H groups in total. The van der Waals surface area contributed by atoms with Crippen molar-refractivity contribution in [3.63, 3.8) is 0 Å². The van der Waals surface area contributed by atoms with Crippen LogP contribution < -0.4 is 0 Å². The molecule has 0 aliphatic heterocycles. The highest BCUT2D eigenvalue weighted by molar-refractivity contribution is 5.91. The molecule has 0 saturated heterocycles. The number of carbonyl (C=O) groups excluding carboxylic acids is 1. The number of carbonyl (C=O) groups is 1.